The Morgan fingerprint density at radius 3 is 2.69 bits per heavy atom. The zero-order chi connectivity index (χ0) is 23.3. The molecule has 174 valence electrons. The number of nitrogens with one attached hydrogen (secondary N) is 2. The first-order valence-corrected chi connectivity index (χ1v) is 11.4. The van der Waals surface area contributed by atoms with Crippen molar-refractivity contribution in [2.24, 2.45) is 11.8 Å². The molecule has 0 bridgehead atoms. The number of hydrogen-bond donors (Lipinski definition) is 2. The van der Waals surface area contributed by atoms with Crippen LogP contribution in [0.25, 0.3) is 0 Å². The van der Waals surface area contributed by atoms with Crippen molar-refractivity contribution < 1.29 is 31.9 Å². The van der Waals surface area contributed by atoms with E-state index in [1.54, 1.807) is 13.0 Å². The summed E-state index contributed by atoms with van der Waals surface area (Å²) in [4.78, 5) is 25.1. The second kappa shape index (κ2) is 10.9. The Balaban J connectivity index is 1.70. The van der Waals surface area contributed by atoms with Crippen LogP contribution in [0.15, 0.2) is 47.7 Å². The lowest BCUT2D eigenvalue weighted by atomic mass is 9.91. The predicted molar refractivity (Wildman–Crippen MR) is 113 cm³/mol. The smallest absolute Gasteiger partial charge is 0.264 e. The Morgan fingerprint density at radius 1 is 1.28 bits per heavy atom. The summed E-state index contributed by atoms with van der Waals surface area (Å²) in [5.74, 6) is -1.54. The second-order valence-electron chi connectivity index (χ2n) is 7.88. The topological polar surface area (TPSA) is 108 Å². The Hall–Kier alpha value is -2.43. The van der Waals surface area contributed by atoms with Gasteiger partial charge >= 0.3 is 0 Å². The van der Waals surface area contributed by atoms with Gasteiger partial charge in [0.1, 0.15) is 0 Å². The molecule has 10 heteroatoms. The van der Waals surface area contributed by atoms with Gasteiger partial charge in [-0.3, -0.25) is 13.8 Å². The molecular weight excluding hydrogens is 442 g/mol. The quantitative estimate of drug-likeness (QED) is 0.570. The van der Waals surface area contributed by atoms with Crippen LogP contribution in [0.2, 0.25) is 0 Å². The maximum Gasteiger partial charge on any atom is 0.264 e. The molecule has 1 aromatic rings. The van der Waals surface area contributed by atoms with Gasteiger partial charge in [-0.05, 0) is 29.1 Å². The lowest BCUT2D eigenvalue weighted by Crippen LogP contribution is -2.42. The van der Waals surface area contributed by atoms with Crippen molar-refractivity contribution in [2.45, 2.75) is 31.4 Å². The molecule has 1 heterocycles. The van der Waals surface area contributed by atoms with Gasteiger partial charge in [-0.2, -0.15) is 0 Å². The van der Waals surface area contributed by atoms with Crippen LogP contribution in [0.3, 0.4) is 0 Å². The number of carbonyl (C=O) groups is 2. The summed E-state index contributed by atoms with van der Waals surface area (Å²) in [5.41, 5.74) is 0.364. The molecule has 4 unspecified atom stereocenters. The maximum atomic E-state index is 13.2. The molecule has 1 fully saturated rings. The van der Waals surface area contributed by atoms with Crippen LogP contribution in [-0.4, -0.2) is 45.6 Å². The molecule has 0 saturated carbocycles. The monoisotopic (exact) mass is 467 g/mol. The van der Waals surface area contributed by atoms with Crippen LogP contribution >= 0.6 is 0 Å². The van der Waals surface area contributed by atoms with Crippen molar-refractivity contribution in [2.75, 3.05) is 19.8 Å². The first kappa shape index (κ1) is 24.2. The van der Waals surface area contributed by atoms with Crippen LogP contribution in [0.4, 0.5) is 8.78 Å². The summed E-state index contributed by atoms with van der Waals surface area (Å²) >= 11 is -2.62. The standard InChI is InChI=1S/C22H26F2N2O5S/c1-13-18(26-19(27)10-15-4-2-3-5-16(15)21(23)24)7-6-17(20(13)32(29)30)22(28)25-11-14-8-9-31-12-14/h2-7,13-14,20-21H,8-12H2,1H3,(H,25,28)(H,26,27)(H,29,30)/p-1. The van der Waals surface area contributed by atoms with Crippen molar-refractivity contribution in [3.8, 4) is 0 Å². The van der Waals surface area contributed by atoms with Gasteiger partial charge in [-0.25, -0.2) is 8.78 Å². The van der Waals surface area contributed by atoms with Crippen molar-refractivity contribution in [3.05, 3.63) is 58.8 Å². The Kier molecular flexibility index (Phi) is 8.27. The van der Waals surface area contributed by atoms with E-state index in [1.807, 2.05) is 0 Å². The number of amides is 2. The molecule has 2 amide bonds. The van der Waals surface area contributed by atoms with E-state index >= 15 is 0 Å². The van der Waals surface area contributed by atoms with Crippen molar-refractivity contribution >= 4 is 22.9 Å². The van der Waals surface area contributed by atoms with Gasteiger partial charge < -0.3 is 19.9 Å². The van der Waals surface area contributed by atoms with Gasteiger partial charge in [0.15, 0.2) is 0 Å². The Bertz CT molecular complexity index is 944. The molecule has 0 aromatic heterocycles. The van der Waals surface area contributed by atoms with Gasteiger partial charge in [0.25, 0.3) is 6.43 Å². The molecule has 32 heavy (non-hydrogen) atoms. The summed E-state index contributed by atoms with van der Waals surface area (Å²) < 4.78 is 55.4. The molecule has 2 aliphatic rings. The van der Waals surface area contributed by atoms with Gasteiger partial charge in [0.2, 0.25) is 11.8 Å². The van der Waals surface area contributed by atoms with E-state index in [0.717, 1.165) is 6.42 Å². The van der Waals surface area contributed by atoms with E-state index in [0.29, 0.717) is 25.5 Å². The summed E-state index contributed by atoms with van der Waals surface area (Å²) in [6, 6.07) is 5.75. The highest BCUT2D eigenvalue weighted by molar-refractivity contribution is 7.80. The van der Waals surface area contributed by atoms with E-state index in [-0.39, 0.29) is 29.0 Å². The molecule has 4 atom stereocenters. The molecule has 0 spiro atoms. The highest BCUT2D eigenvalue weighted by Gasteiger charge is 2.33. The van der Waals surface area contributed by atoms with Crippen LogP contribution in [-0.2, 0) is 31.8 Å². The number of rotatable bonds is 8. The number of allylic oxidation sites excluding steroid dienone is 3. The molecule has 1 aliphatic heterocycles. The fourth-order valence-electron chi connectivity index (χ4n) is 3.86. The molecule has 1 saturated heterocycles. The SMILES string of the molecule is CC1C(NC(=O)Cc2ccccc2C(F)F)=CC=C(C(=O)NCC2CCOC2)C1S(=O)[O-]. The number of carbonyl (C=O) groups excluding carboxylic acids is 2. The highest BCUT2D eigenvalue weighted by Crippen LogP contribution is 2.29. The molecule has 1 aliphatic carbocycles. The number of ether oxygens (including phenoxy) is 1. The van der Waals surface area contributed by atoms with Crippen molar-refractivity contribution in [3.63, 3.8) is 0 Å². The Morgan fingerprint density at radius 2 is 2.03 bits per heavy atom. The van der Waals surface area contributed by atoms with Gasteiger partial charge in [0, 0.05) is 41.8 Å². The van der Waals surface area contributed by atoms with E-state index in [4.69, 9.17) is 4.74 Å². The van der Waals surface area contributed by atoms with E-state index < -0.39 is 40.5 Å². The van der Waals surface area contributed by atoms with Crippen molar-refractivity contribution in [1.29, 1.82) is 0 Å². The number of alkyl halides is 2. The van der Waals surface area contributed by atoms with Gasteiger partial charge in [-0.15, -0.1) is 0 Å². The molecule has 3 rings (SSSR count). The highest BCUT2D eigenvalue weighted by atomic mass is 32.2. The van der Waals surface area contributed by atoms with Gasteiger partial charge in [-0.1, -0.05) is 37.3 Å². The van der Waals surface area contributed by atoms with E-state index in [1.165, 1.54) is 30.4 Å². The summed E-state index contributed by atoms with van der Waals surface area (Å²) in [5, 5.41) is 4.22. The number of halogens is 2. The third-order valence-electron chi connectivity index (χ3n) is 5.66. The molecule has 1 aromatic carbocycles. The molecule has 7 nitrogen and oxygen atoms in total. The van der Waals surface area contributed by atoms with Crippen LogP contribution < -0.4 is 10.6 Å². The normalized spacial score (nSPS) is 24.0. The Labute approximate surface area is 187 Å². The predicted octanol–water partition coefficient (Wildman–Crippen LogP) is 2.14. The summed E-state index contributed by atoms with van der Waals surface area (Å²) in [6.07, 6.45) is 0.703. The third-order valence-corrected chi connectivity index (χ3v) is 6.74. The second-order valence-corrected chi connectivity index (χ2v) is 8.91. The summed E-state index contributed by atoms with van der Waals surface area (Å²) in [7, 11) is 0. The van der Waals surface area contributed by atoms with Crippen LogP contribution in [0.1, 0.15) is 30.9 Å². The number of benzene rings is 1. The average Bonchev–Trinajstić information content (AvgIpc) is 3.27. The summed E-state index contributed by atoms with van der Waals surface area (Å²) in [6.45, 7) is 3.17. The first-order valence-electron chi connectivity index (χ1n) is 10.3. The first-order chi connectivity index (χ1) is 15.3. The zero-order valence-corrected chi connectivity index (χ0v) is 18.3. The molecular formula is C22H25F2N2O5S-. The minimum absolute atomic E-state index is 0.0887. The lowest BCUT2D eigenvalue weighted by Gasteiger charge is -2.32. The maximum absolute atomic E-state index is 13.2. The fourth-order valence-corrected chi connectivity index (χ4v) is 4.73. The lowest BCUT2D eigenvalue weighted by molar-refractivity contribution is -0.120. The van der Waals surface area contributed by atoms with Crippen molar-refractivity contribution in [1.82, 2.24) is 10.6 Å². The fraction of sp³-hybridized carbons (Fsp3) is 0.455. The minimum Gasteiger partial charge on any atom is -0.772 e. The minimum atomic E-state index is -2.71. The van der Waals surface area contributed by atoms with Gasteiger partial charge in [0.05, 0.1) is 18.3 Å². The third kappa shape index (κ3) is 5.87. The largest absolute Gasteiger partial charge is 0.772 e. The average molecular weight is 468 g/mol. The number of hydrogen-bond acceptors (Lipinski definition) is 5. The molecule has 2 N–H and O–H groups in total. The van der Waals surface area contributed by atoms with Crippen LogP contribution in [0.5, 0.6) is 0 Å². The van der Waals surface area contributed by atoms with E-state index in [9.17, 15) is 27.1 Å². The zero-order valence-electron chi connectivity index (χ0n) is 17.5. The van der Waals surface area contributed by atoms with Crippen LogP contribution in [0, 0.1) is 11.8 Å². The molecule has 0 radical (unpaired) electrons. The van der Waals surface area contributed by atoms with E-state index in [2.05, 4.69) is 10.6 Å².